The Morgan fingerprint density at radius 1 is 0.514 bits per heavy atom. The third-order valence-electron chi connectivity index (χ3n) is 7.03. The first-order valence-electron chi connectivity index (χ1n) is 12.1. The first-order chi connectivity index (χ1) is 18.3. The lowest BCUT2D eigenvalue weighted by atomic mass is 10.1. The minimum atomic E-state index is 0.771. The van der Waals surface area contributed by atoms with E-state index >= 15 is 0 Å². The molecule has 0 amide bonds. The summed E-state index contributed by atoms with van der Waals surface area (Å²) in [6.07, 6.45) is 7.16. The van der Waals surface area contributed by atoms with E-state index in [1.54, 1.807) is 18.6 Å². The van der Waals surface area contributed by atoms with Gasteiger partial charge in [-0.2, -0.15) is 0 Å². The van der Waals surface area contributed by atoms with Gasteiger partial charge in [0.15, 0.2) is 11.2 Å². The first-order valence-corrected chi connectivity index (χ1v) is 12.1. The fourth-order valence-corrected chi connectivity index (χ4v) is 5.35. The highest BCUT2D eigenvalue weighted by Gasteiger charge is 2.20. The van der Waals surface area contributed by atoms with Gasteiger partial charge in [-0.15, -0.1) is 0 Å². The molecule has 8 aromatic rings. The van der Waals surface area contributed by atoms with Gasteiger partial charge in [0.1, 0.15) is 11.2 Å². The zero-order valence-corrected chi connectivity index (χ0v) is 19.6. The van der Waals surface area contributed by atoms with Crippen LogP contribution in [0.5, 0.6) is 0 Å². The molecule has 0 unspecified atom stereocenters. The number of nitrogens with zero attached hydrogens (tertiary/aromatic N) is 3. The molecule has 0 fully saturated rings. The molecule has 0 N–H and O–H groups in total. The Morgan fingerprint density at radius 2 is 1.24 bits per heavy atom. The van der Waals surface area contributed by atoms with Gasteiger partial charge in [0, 0.05) is 39.9 Å². The molecule has 0 atom stereocenters. The first kappa shape index (κ1) is 20.1. The molecule has 5 heteroatoms. The topological polar surface area (TPSA) is 55.3 Å². The van der Waals surface area contributed by atoms with Crippen LogP contribution >= 0.6 is 0 Å². The van der Waals surface area contributed by atoms with Crippen molar-refractivity contribution in [1.82, 2.24) is 9.97 Å². The quantitative estimate of drug-likeness (QED) is 0.254. The minimum Gasteiger partial charge on any atom is -0.454 e. The highest BCUT2D eigenvalue weighted by atomic mass is 16.3. The molecule has 37 heavy (non-hydrogen) atoms. The zero-order chi connectivity index (χ0) is 24.3. The van der Waals surface area contributed by atoms with Gasteiger partial charge in [0.05, 0.1) is 23.5 Å². The molecule has 0 aliphatic heterocycles. The minimum absolute atomic E-state index is 0.771. The van der Waals surface area contributed by atoms with E-state index < -0.39 is 0 Å². The van der Waals surface area contributed by atoms with Gasteiger partial charge in [0.25, 0.3) is 0 Å². The van der Waals surface area contributed by atoms with Crippen molar-refractivity contribution in [3.63, 3.8) is 0 Å². The van der Waals surface area contributed by atoms with Crippen molar-refractivity contribution in [3.8, 4) is 0 Å². The summed E-state index contributed by atoms with van der Waals surface area (Å²) in [6, 6.07) is 31.6. The molecule has 0 spiro atoms. The molecule has 5 nitrogen and oxygen atoms in total. The molecule has 4 aromatic carbocycles. The van der Waals surface area contributed by atoms with E-state index in [0.29, 0.717) is 0 Å². The summed E-state index contributed by atoms with van der Waals surface area (Å²) in [6.45, 7) is 0. The van der Waals surface area contributed by atoms with E-state index in [2.05, 4.69) is 75.5 Å². The number of furan rings is 2. The fourth-order valence-electron chi connectivity index (χ4n) is 5.35. The van der Waals surface area contributed by atoms with Gasteiger partial charge in [0.2, 0.25) is 0 Å². The van der Waals surface area contributed by atoms with Crippen LogP contribution in [0, 0.1) is 0 Å². The van der Waals surface area contributed by atoms with Crippen molar-refractivity contribution >= 4 is 71.7 Å². The summed E-state index contributed by atoms with van der Waals surface area (Å²) in [5.41, 5.74) is 6.33. The largest absolute Gasteiger partial charge is 0.454 e. The molecule has 0 aliphatic rings. The highest BCUT2D eigenvalue weighted by molar-refractivity contribution is 6.14. The van der Waals surface area contributed by atoms with Crippen molar-refractivity contribution in [2.75, 3.05) is 4.90 Å². The van der Waals surface area contributed by atoms with Crippen molar-refractivity contribution < 1.29 is 8.83 Å². The Morgan fingerprint density at radius 3 is 2.14 bits per heavy atom. The second-order valence-electron chi connectivity index (χ2n) is 9.15. The maximum Gasteiger partial charge on any atom is 0.153 e. The molecule has 0 bridgehead atoms. The predicted octanol–water partition coefficient (Wildman–Crippen LogP) is 8.90. The summed E-state index contributed by atoms with van der Waals surface area (Å²) >= 11 is 0. The molecule has 0 aliphatic carbocycles. The summed E-state index contributed by atoms with van der Waals surface area (Å²) in [5.74, 6) is 0. The maximum atomic E-state index is 6.19. The predicted molar refractivity (Wildman–Crippen MR) is 149 cm³/mol. The normalized spacial score (nSPS) is 11.8. The molecule has 174 valence electrons. The number of hydrogen-bond acceptors (Lipinski definition) is 5. The standard InChI is InChI=1S/C32H19N3O2/c1-2-5-21-16-22(9-8-20(21)4-1)35(23-10-11-28-26(17-23)24-12-14-33-18-30(24)36-28)27-6-3-7-29-32(27)25-13-15-34-19-31(25)37-29/h1-19H. The number of anilines is 3. The number of hydrogen-bond donors (Lipinski definition) is 0. The average molecular weight is 478 g/mol. The van der Waals surface area contributed by atoms with Gasteiger partial charge in [-0.05, 0) is 65.4 Å². The average Bonchev–Trinajstić information content (AvgIpc) is 3.52. The Bertz CT molecular complexity index is 2120. The number of pyridine rings is 2. The SMILES string of the molecule is c1ccc2cc(N(c3ccc4oc5cnccc5c4c3)c3cccc4oc5cnccc5c34)ccc2c1. The van der Waals surface area contributed by atoms with Crippen LogP contribution in [0.3, 0.4) is 0 Å². The van der Waals surface area contributed by atoms with Crippen LogP contribution in [0.1, 0.15) is 0 Å². The van der Waals surface area contributed by atoms with Crippen LogP contribution < -0.4 is 4.90 Å². The van der Waals surface area contributed by atoms with Gasteiger partial charge < -0.3 is 13.7 Å². The van der Waals surface area contributed by atoms with Crippen LogP contribution in [0.15, 0.2) is 125 Å². The molecule has 8 rings (SSSR count). The third kappa shape index (κ3) is 3.04. The van der Waals surface area contributed by atoms with Crippen LogP contribution in [0.25, 0.3) is 54.6 Å². The van der Waals surface area contributed by atoms with Gasteiger partial charge >= 0.3 is 0 Å². The Hall–Kier alpha value is -5.16. The number of rotatable bonds is 3. The van der Waals surface area contributed by atoms with E-state index in [4.69, 9.17) is 8.83 Å². The molecule has 0 saturated heterocycles. The van der Waals surface area contributed by atoms with Crippen molar-refractivity contribution in [2.45, 2.75) is 0 Å². The lowest BCUT2D eigenvalue weighted by Crippen LogP contribution is -2.10. The van der Waals surface area contributed by atoms with Crippen LogP contribution in [-0.4, -0.2) is 9.97 Å². The van der Waals surface area contributed by atoms with Crippen LogP contribution in [0.2, 0.25) is 0 Å². The lowest BCUT2D eigenvalue weighted by Gasteiger charge is -2.26. The third-order valence-corrected chi connectivity index (χ3v) is 7.03. The van der Waals surface area contributed by atoms with Crippen molar-refractivity contribution in [3.05, 3.63) is 116 Å². The Labute approximate surface area is 211 Å². The second kappa shape index (κ2) is 7.67. The van der Waals surface area contributed by atoms with E-state index in [1.165, 1.54) is 10.8 Å². The number of aromatic nitrogens is 2. The number of benzene rings is 4. The van der Waals surface area contributed by atoms with E-state index in [0.717, 1.165) is 60.9 Å². The van der Waals surface area contributed by atoms with Crippen molar-refractivity contribution in [1.29, 1.82) is 0 Å². The summed E-state index contributed by atoms with van der Waals surface area (Å²) in [4.78, 5) is 10.8. The Kier molecular flexibility index (Phi) is 4.16. The summed E-state index contributed by atoms with van der Waals surface area (Å²) < 4.78 is 12.3. The van der Waals surface area contributed by atoms with E-state index in [9.17, 15) is 0 Å². The lowest BCUT2D eigenvalue weighted by molar-refractivity contribution is 0.666. The molecule has 4 heterocycles. The summed E-state index contributed by atoms with van der Waals surface area (Å²) in [7, 11) is 0. The molecule has 4 aromatic heterocycles. The van der Waals surface area contributed by atoms with Crippen LogP contribution in [-0.2, 0) is 0 Å². The molecule has 0 radical (unpaired) electrons. The second-order valence-corrected chi connectivity index (χ2v) is 9.15. The Balaban J connectivity index is 1.45. The molecule has 0 saturated carbocycles. The fraction of sp³-hybridized carbons (Fsp3) is 0. The molecular weight excluding hydrogens is 458 g/mol. The summed E-state index contributed by atoms with van der Waals surface area (Å²) in [5, 5.41) is 6.56. The monoisotopic (exact) mass is 477 g/mol. The maximum absolute atomic E-state index is 6.19. The van der Waals surface area contributed by atoms with Crippen molar-refractivity contribution in [2.24, 2.45) is 0 Å². The van der Waals surface area contributed by atoms with Gasteiger partial charge in [-0.1, -0.05) is 36.4 Å². The van der Waals surface area contributed by atoms with E-state index in [-0.39, 0.29) is 0 Å². The smallest absolute Gasteiger partial charge is 0.153 e. The highest BCUT2D eigenvalue weighted by Crippen LogP contribution is 2.44. The van der Waals surface area contributed by atoms with Crippen LogP contribution in [0.4, 0.5) is 17.1 Å². The van der Waals surface area contributed by atoms with E-state index in [1.807, 2.05) is 36.5 Å². The zero-order valence-electron chi connectivity index (χ0n) is 19.6. The van der Waals surface area contributed by atoms with Gasteiger partial charge in [-0.25, -0.2) is 0 Å². The number of fused-ring (bicyclic) bond motifs is 7. The molecular formula is C32H19N3O2. The van der Waals surface area contributed by atoms with Gasteiger partial charge in [-0.3, -0.25) is 9.97 Å².